The molecule has 2 saturated heterocycles. The van der Waals surface area contributed by atoms with Crippen LogP contribution in [0.3, 0.4) is 0 Å². The highest BCUT2D eigenvalue weighted by Crippen LogP contribution is 2.40. The molecule has 0 spiro atoms. The summed E-state index contributed by atoms with van der Waals surface area (Å²) in [6.45, 7) is 19.5. The molecule has 2 rings (SSSR count). The van der Waals surface area contributed by atoms with Crippen LogP contribution < -0.4 is 0 Å². The van der Waals surface area contributed by atoms with Crippen LogP contribution in [0.2, 0.25) is 37.8 Å². The Hall–Kier alpha value is -0.126. The molecule has 0 aromatic carbocycles. The minimum atomic E-state index is -1.79. The molecule has 0 aromatic rings. The molecule has 22 heavy (non-hydrogen) atoms. The van der Waals surface area contributed by atoms with Gasteiger partial charge in [-0.15, -0.1) is 11.5 Å². The van der Waals surface area contributed by atoms with Gasteiger partial charge >= 0.3 is 0 Å². The molecule has 0 aliphatic carbocycles. The maximum Gasteiger partial charge on any atom is 0.192 e. The Bertz CT molecular complexity index is 465. The van der Waals surface area contributed by atoms with Crippen molar-refractivity contribution in [1.82, 2.24) is 0 Å². The first-order chi connectivity index (χ1) is 9.91. The first kappa shape index (κ1) is 18.2. The van der Waals surface area contributed by atoms with E-state index in [0.29, 0.717) is 13.2 Å². The highest BCUT2D eigenvalue weighted by atomic mass is 28.4. The van der Waals surface area contributed by atoms with Gasteiger partial charge < -0.3 is 13.9 Å². The molecule has 2 heterocycles. The molecule has 4 atom stereocenters. The number of hydrogen-bond acceptors (Lipinski definition) is 3. The predicted molar refractivity (Wildman–Crippen MR) is 96.2 cm³/mol. The lowest BCUT2D eigenvalue weighted by Crippen LogP contribution is -2.47. The Morgan fingerprint density at radius 1 is 0.955 bits per heavy atom. The zero-order valence-electron chi connectivity index (χ0n) is 15.4. The normalized spacial score (nSPS) is 32.5. The minimum Gasteiger partial charge on any atom is -0.409 e. The van der Waals surface area contributed by atoms with E-state index in [1.807, 2.05) is 0 Å². The van der Waals surface area contributed by atoms with Crippen molar-refractivity contribution in [3.63, 3.8) is 0 Å². The number of rotatable bonds is 2. The molecule has 2 fully saturated rings. The third-order valence-electron chi connectivity index (χ3n) is 4.89. The summed E-state index contributed by atoms with van der Waals surface area (Å²) in [6.07, 6.45) is 0.234. The van der Waals surface area contributed by atoms with Gasteiger partial charge in [-0.2, -0.15) is 0 Å². The molecule has 5 heteroatoms. The summed E-state index contributed by atoms with van der Waals surface area (Å²) < 4.78 is 18.5. The molecule has 0 amide bonds. The second kappa shape index (κ2) is 6.06. The maximum absolute atomic E-state index is 6.52. The van der Waals surface area contributed by atoms with E-state index >= 15 is 0 Å². The van der Waals surface area contributed by atoms with Crippen LogP contribution in [0.1, 0.15) is 20.8 Å². The van der Waals surface area contributed by atoms with Crippen LogP contribution in [0.4, 0.5) is 0 Å². The molecule has 0 aromatic heterocycles. The van der Waals surface area contributed by atoms with Crippen LogP contribution in [0.5, 0.6) is 0 Å². The smallest absolute Gasteiger partial charge is 0.192 e. The van der Waals surface area contributed by atoms with Gasteiger partial charge in [-0.1, -0.05) is 40.4 Å². The monoisotopic (exact) mass is 340 g/mol. The van der Waals surface area contributed by atoms with Gasteiger partial charge in [0.05, 0.1) is 25.2 Å². The van der Waals surface area contributed by atoms with Crippen molar-refractivity contribution in [1.29, 1.82) is 0 Å². The average Bonchev–Trinajstić information content (AvgIpc) is 2.87. The molecular weight excluding hydrogens is 308 g/mol. The van der Waals surface area contributed by atoms with E-state index < -0.39 is 16.4 Å². The largest absolute Gasteiger partial charge is 0.409 e. The van der Waals surface area contributed by atoms with Crippen LogP contribution in [-0.2, 0) is 13.9 Å². The summed E-state index contributed by atoms with van der Waals surface area (Å²) in [5.41, 5.74) is 3.46. The second-order valence-electron chi connectivity index (χ2n) is 9.14. The maximum atomic E-state index is 6.52. The van der Waals surface area contributed by atoms with E-state index in [1.54, 1.807) is 0 Å². The molecule has 0 unspecified atom stereocenters. The zero-order chi connectivity index (χ0) is 16.8. The third kappa shape index (κ3) is 4.04. The van der Waals surface area contributed by atoms with Crippen molar-refractivity contribution in [3.8, 4) is 11.5 Å². The Balaban J connectivity index is 2.03. The molecule has 0 saturated carbocycles. The lowest BCUT2D eigenvalue weighted by atomic mass is 10.0. The van der Waals surface area contributed by atoms with Gasteiger partial charge in [0.25, 0.3) is 0 Å². The van der Waals surface area contributed by atoms with Crippen molar-refractivity contribution >= 4 is 16.4 Å². The van der Waals surface area contributed by atoms with Crippen molar-refractivity contribution in [2.24, 2.45) is 5.92 Å². The molecular formula is C17H32O3Si2. The van der Waals surface area contributed by atoms with Gasteiger partial charge in [0.15, 0.2) is 8.32 Å². The zero-order valence-corrected chi connectivity index (χ0v) is 17.4. The van der Waals surface area contributed by atoms with Crippen molar-refractivity contribution < 1.29 is 13.9 Å². The lowest BCUT2D eigenvalue weighted by molar-refractivity contribution is 0.0239. The van der Waals surface area contributed by atoms with E-state index in [1.165, 1.54) is 0 Å². The van der Waals surface area contributed by atoms with Crippen LogP contribution in [0, 0.1) is 17.4 Å². The van der Waals surface area contributed by atoms with Crippen LogP contribution >= 0.6 is 0 Å². The number of fused-ring (bicyclic) bond motifs is 1. The van der Waals surface area contributed by atoms with Gasteiger partial charge in [0.2, 0.25) is 0 Å². The summed E-state index contributed by atoms with van der Waals surface area (Å²) in [4.78, 5) is 0. The summed E-state index contributed by atoms with van der Waals surface area (Å²) in [7, 11) is -3.13. The first-order valence-electron chi connectivity index (χ1n) is 8.34. The van der Waals surface area contributed by atoms with Crippen molar-refractivity contribution in [3.05, 3.63) is 0 Å². The Morgan fingerprint density at radius 3 is 2.09 bits per heavy atom. The molecule has 126 valence electrons. The van der Waals surface area contributed by atoms with Crippen LogP contribution in [0.25, 0.3) is 0 Å². The second-order valence-corrected chi connectivity index (χ2v) is 18.6. The topological polar surface area (TPSA) is 27.7 Å². The Kier molecular flexibility index (Phi) is 5.02. The predicted octanol–water partition coefficient (Wildman–Crippen LogP) is 3.67. The van der Waals surface area contributed by atoms with Gasteiger partial charge in [-0.3, -0.25) is 0 Å². The third-order valence-corrected chi connectivity index (χ3v) is 10.3. The molecule has 2 aliphatic heterocycles. The average molecular weight is 341 g/mol. The highest BCUT2D eigenvalue weighted by Gasteiger charge is 2.51. The molecule has 2 aliphatic rings. The van der Waals surface area contributed by atoms with Crippen LogP contribution in [-0.4, -0.2) is 47.9 Å². The van der Waals surface area contributed by atoms with E-state index in [4.69, 9.17) is 13.9 Å². The van der Waals surface area contributed by atoms with Crippen molar-refractivity contribution in [2.45, 2.75) is 76.9 Å². The Morgan fingerprint density at radius 2 is 1.55 bits per heavy atom. The van der Waals surface area contributed by atoms with E-state index in [9.17, 15) is 0 Å². The summed E-state index contributed by atoms with van der Waals surface area (Å²) in [5.74, 6) is 3.64. The Labute approximate surface area is 138 Å². The fourth-order valence-electron chi connectivity index (χ4n) is 2.55. The SMILES string of the molecule is CC(C)(C)[Si](C)(C)O[C@@H]1CO[C@H]2[C@@H]1OC[C@@H]2C#C[Si](C)(C)C. The number of ether oxygens (including phenoxy) is 2. The van der Waals surface area contributed by atoms with E-state index in [-0.39, 0.29) is 29.3 Å². The molecule has 3 nitrogen and oxygen atoms in total. The first-order valence-corrected chi connectivity index (χ1v) is 14.8. The van der Waals surface area contributed by atoms with E-state index in [2.05, 4.69) is 65.0 Å². The quantitative estimate of drug-likeness (QED) is 0.567. The highest BCUT2D eigenvalue weighted by molar-refractivity contribution is 6.83. The molecule has 0 N–H and O–H groups in total. The van der Waals surface area contributed by atoms with Gasteiger partial charge in [-0.25, -0.2) is 0 Å². The summed E-state index contributed by atoms with van der Waals surface area (Å²) in [6, 6.07) is 0. The van der Waals surface area contributed by atoms with Gasteiger partial charge in [0.1, 0.15) is 20.3 Å². The minimum absolute atomic E-state index is 0.0649. The van der Waals surface area contributed by atoms with Gasteiger partial charge in [-0.05, 0) is 18.1 Å². The fourth-order valence-corrected chi connectivity index (χ4v) is 4.48. The van der Waals surface area contributed by atoms with Gasteiger partial charge in [0, 0.05) is 0 Å². The van der Waals surface area contributed by atoms with E-state index in [0.717, 1.165) is 0 Å². The standard InChI is InChI=1S/C17H32O3Si2/c1-17(2,3)22(7,8)20-14-12-19-15-13(11-18-16(14)15)9-10-21(4,5)6/h13-16H,11-12H2,1-8H3/t13-,14+,15+,16+/m0/s1. The molecule has 0 bridgehead atoms. The number of hydrogen-bond donors (Lipinski definition) is 0. The fraction of sp³-hybridized carbons (Fsp3) is 0.882. The molecule has 0 radical (unpaired) electrons. The van der Waals surface area contributed by atoms with Crippen LogP contribution in [0.15, 0.2) is 0 Å². The summed E-state index contributed by atoms with van der Waals surface area (Å²) in [5, 5.41) is 0.209. The summed E-state index contributed by atoms with van der Waals surface area (Å²) >= 11 is 0. The lowest BCUT2D eigenvalue weighted by Gasteiger charge is -2.39. The van der Waals surface area contributed by atoms with Crippen molar-refractivity contribution in [2.75, 3.05) is 13.2 Å².